The van der Waals surface area contributed by atoms with Gasteiger partial charge in [0.2, 0.25) is 6.29 Å². The van der Waals surface area contributed by atoms with Crippen molar-refractivity contribution in [1.82, 2.24) is 0 Å². The topological polar surface area (TPSA) is 75.0 Å². The van der Waals surface area contributed by atoms with Gasteiger partial charge in [0.1, 0.15) is 22.6 Å². The number of hydrogen-bond donors (Lipinski definition) is 0. The molecule has 0 unspecified atom stereocenters. The van der Waals surface area contributed by atoms with Gasteiger partial charge >= 0.3 is 5.63 Å². The summed E-state index contributed by atoms with van der Waals surface area (Å²) in [4.78, 5) is 24.5. The molecule has 2 aliphatic heterocycles. The molecule has 3 aliphatic rings. The normalized spacial score (nSPS) is 27.0. The second-order valence-corrected chi connectivity index (χ2v) is 6.01. The summed E-state index contributed by atoms with van der Waals surface area (Å²) >= 11 is 0. The third kappa shape index (κ3) is 1.56. The van der Waals surface area contributed by atoms with E-state index in [-0.39, 0.29) is 35.0 Å². The first-order chi connectivity index (χ1) is 12.3. The first kappa shape index (κ1) is 10.4. The molecule has 1 saturated heterocycles. The Hall–Kier alpha value is -2.34. The van der Waals surface area contributed by atoms with Crippen molar-refractivity contribution in [3.63, 3.8) is 0 Å². The van der Waals surface area contributed by atoms with Crippen LogP contribution < -0.4 is 15.1 Å². The van der Waals surface area contributed by atoms with Gasteiger partial charge in [-0.3, -0.25) is 4.79 Å². The quantitative estimate of drug-likeness (QED) is 0.750. The molecule has 6 heteroatoms. The van der Waals surface area contributed by atoms with Crippen molar-refractivity contribution in [2.24, 2.45) is 0 Å². The molecular formula is C17H14O6. The largest absolute Gasteiger partial charge is 0.496 e. The zero-order chi connectivity index (χ0) is 18.2. The van der Waals surface area contributed by atoms with Crippen LogP contribution in [-0.2, 0) is 11.2 Å². The highest BCUT2D eigenvalue weighted by Gasteiger charge is 2.43. The molecule has 3 heterocycles. The summed E-state index contributed by atoms with van der Waals surface area (Å²) in [5.41, 5.74) is 0.695. The van der Waals surface area contributed by atoms with Crippen LogP contribution in [0.5, 0.6) is 11.5 Å². The Kier molecular flexibility index (Phi) is 1.97. The Labute approximate surface area is 135 Å². The van der Waals surface area contributed by atoms with Gasteiger partial charge in [0, 0.05) is 18.1 Å². The second-order valence-electron chi connectivity index (χ2n) is 6.01. The van der Waals surface area contributed by atoms with E-state index in [0.29, 0.717) is 41.7 Å². The molecule has 0 radical (unpaired) electrons. The minimum atomic E-state index is -2.70. The number of benzene rings is 1. The molecule has 0 amide bonds. The predicted molar refractivity (Wildman–Crippen MR) is 79.4 cm³/mol. The van der Waals surface area contributed by atoms with Crippen LogP contribution in [0.4, 0.5) is 0 Å². The van der Waals surface area contributed by atoms with Crippen LogP contribution in [0, 0.1) is 0 Å². The van der Waals surface area contributed by atoms with Gasteiger partial charge in [-0.2, -0.15) is 0 Å². The number of carbonyl (C=O) groups is 1. The maximum atomic E-state index is 12.4. The van der Waals surface area contributed by atoms with Gasteiger partial charge in [-0.15, -0.1) is 0 Å². The van der Waals surface area contributed by atoms with Crippen LogP contribution in [0.15, 0.2) is 15.3 Å². The summed E-state index contributed by atoms with van der Waals surface area (Å²) in [6.45, 7) is 0.525. The zero-order valence-electron chi connectivity index (χ0n) is 15.0. The van der Waals surface area contributed by atoms with E-state index in [2.05, 4.69) is 0 Å². The molecule has 2 aromatic rings. The molecule has 118 valence electrons. The van der Waals surface area contributed by atoms with Crippen LogP contribution in [0.25, 0.3) is 11.0 Å². The van der Waals surface area contributed by atoms with Gasteiger partial charge in [0.05, 0.1) is 29.1 Å². The van der Waals surface area contributed by atoms with Crippen LogP contribution >= 0.6 is 0 Å². The summed E-state index contributed by atoms with van der Waals surface area (Å²) in [6.07, 6.45) is 0.746. The molecule has 0 bridgehead atoms. The van der Waals surface area contributed by atoms with Crippen LogP contribution in [-0.4, -0.2) is 25.7 Å². The fourth-order valence-corrected chi connectivity index (χ4v) is 3.92. The minimum absolute atomic E-state index is 0.00835. The number of hydrogen-bond acceptors (Lipinski definition) is 6. The second kappa shape index (κ2) is 4.35. The molecule has 1 aromatic heterocycles. The Balaban J connectivity index is 1.87. The van der Waals surface area contributed by atoms with E-state index < -0.39 is 19.0 Å². The number of aryl methyl sites for hydroxylation is 1. The van der Waals surface area contributed by atoms with E-state index in [4.69, 9.17) is 22.7 Å². The predicted octanol–water partition coefficient (Wildman–Crippen LogP) is 2.15. The Morgan fingerprint density at radius 3 is 3.13 bits per heavy atom. The lowest BCUT2D eigenvalue weighted by molar-refractivity contribution is -0.0337. The Bertz CT molecular complexity index is 1020. The molecule has 2 atom stereocenters. The monoisotopic (exact) mass is 317 g/mol. The molecule has 1 aliphatic carbocycles. The van der Waals surface area contributed by atoms with Crippen molar-refractivity contribution in [1.29, 1.82) is 0 Å². The van der Waals surface area contributed by atoms with Crippen molar-refractivity contribution >= 4 is 16.8 Å². The highest BCUT2D eigenvalue weighted by Crippen LogP contribution is 2.51. The molecule has 5 rings (SSSR count). The van der Waals surface area contributed by atoms with Crippen LogP contribution in [0.2, 0.25) is 0 Å². The number of carbonyl (C=O) groups excluding carboxylic acids is 1. The van der Waals surface area contributed by atoms with Gasteiger partial charge in [-0.05, 0) is 18.4 Å². The lowest BCUT2D eigenvalue weighted by Crippen LogP contribution is -2.14. The van der Waals surface area contributed by atoms with E-state index in [1.807, 2.05) is 0 Å². The van der Waals surface area contributed by atoms with E-state index in [9.17, 15) is 9.59 Å². The third-order valence-electron chi connectivity index (χ3n) is 4.89. The van der Waals surface area contributed by atoms with Gasteiger partial charge in [-0.1, -0.05) is 0 Å². The van der Waals surface area contributed by atoms with Crippen molar-refractivity contribution in [3.8, 4) is 11.5 Å². The molecule has 1 aromatic carbocycles. The van der Waals surface area contributed by atoms with Crippen molar-refractivity contribution < 1.29 is 27.5 Å². The molecule has 6 nitrogen and oxygen atoms in total. The first-order valence-electron chi connectivity index (χ1n) is 9.00. The lowest BCUT2D eigenvalue weighted by atomic mass is 9.94. The first-order valence-corrected chi connectivity index (χ1v) is 7.50. The zero-order valence-corrected chi connectivity index (χ0v) is 12.0. The summed E-state index contributed by atoms with van der Waals surface area (Å²) in [7, 11) is -2.70. The number of methoxy groups -OCH3 is 1. The minimum Gasteiger partial charge on any atom is -0.496 e. The van der Waals surface area contributed by atoms with Gasteiger partial charge in [0.25, 0.3) is 0 Å². The van der Waals surface area contributed by atoms with E-state index in [1.165, 1.54) is 6.07 Å². The molecular weight excluding hydrogens is 300 g/mol. The number of Topliss-reactive ketones (excluding diaryl/α,β-unsaturated/α-hetero) is 1. The van der Waals surface area contributed by atoms with E-state index >= 15 is 0 Å². The maximum Gasteiger partial charge on any atom is 0.347 e. The van der Waals surface area contributed by atoms with Crippen molar-refractivity contribution in [2.45, 2.75) is 31.5 Å². The highest BCUT2D eigenvalue weighted by atomic mass is 16.7. The number of ketones is 1. The van der Waals surface area contributed by atoms with Crippen molar-refractivity contribution in [3.05, 3.63) is 33.2 Å². The fraction of sp³-hybridized carbons (Fsp3) is 0.412. The fourth-order valence-electron chi connectivity index (χ4n) is 3.92. The maximum absolute atomic E-state index is 12.4. The summed E-state index contributed by atoms with van der Waals surface area (Å²) in [5, 5.41) is 0.372. The van der Waals surface area contributed by atoms with Gasteiger partial charge < -0.3 is 18.6 Å². The van der Waals surface area contributed by atoms with Gasteiger partial charge in [-0.25, -0.2) is 4.79 Å². The summed E-state index contributed by atoms with van der Waals surface area (Å²) in [5.74, 6) is 0.00854. The Morgan fingerprint density at radius 1 is 1.35 bits per heavy atom. The summed E-state index contributed by atoms with van der Waals surface area (Å²) < 4.78 is 44.3. The number of fused-ring (bicyclic) bond motifs is 7. The van der Waals surface area contributed by atoms with Crippen molar-refractivity contribution in [2.75, 3.05) is 13.6 Å². The third-order valence-corrected chi connectivity index (χ3v) is 4.89. The highest BCUT2D eigenvalue weighted by molar-refractivity contribution is 6.06. The molecule has 23 heavy (non-hydrogen) atoms. The van der Waals surface area contributed by atoms with Crippen LogP contribution in [0.1, 0.15) is 44.4 Å². The molecule has 0 N–H and O–H groups in total. The molecule has 0 saturated carbocycles. The standard InChI is InChI=1S/C17H14O6/c1-20-10-6-11-14(8-4-5-21-17(8)22-11)15-13(10)7-2-3-9(18)12(7)16(19)23-15/h6,8,17H,2-5H2,1H3/t8-,17+/m0/s1/i1D3. The average Bonchev–Trinajstić information content (AvgIpc) is 3.19. The van der Waals surface area contributed by atoms with E-state index in [1.54, 1.807) is 0 Å². The van der Waals surface area contributed by atoms with Crippen LogP contribution in [0.3, 0.4) is 0 Å². The summed E-state index contributed by atoms with van der Waals surface area (Å²) in [6, 6.07) is 1.49. The van der Waals surface area contributed by atoms with Gasteiger partial charge in [0.15, 0.2) is 5.78 Å². The Morgan fingerprint density at radius 2 is 2.26 bits per heavy atom. The number of rotatable bonds is 1. The lowest BCUT2D eigenvalue weighted by Gasteiger charge is -2.13. The smallest absolute Gasteiger partial charge is 0.347 e. The molecule has 1 fully saturated rings. The average molecular weight is 317 g/mol. The number of ether oxygens (including phenoxy) is 3. The molecule has 0 spiro atoms. The van der Waals surface area contributed by atoms with E-state index in [0.717, 1.165) is 0 Å². The SMILES string of the molecule is [2H]C([2H])([2H])Oc1cc2c(c3oc(=O)c4c(c13)CCC4=O)[C@@H]1CCO[C@@H]1O2.